The molecule has 1 saturated heterocycles. The molecule has 0 bridgehead atoms. The van der Waals surface area contributed by atoms with Gasteiger partial charge in [0.1, 0.15) is 17.6 Å². The molecule has 10 nitrogen and oxygen atoms in total. The minimum atomic E-state index is -5.25. The number of hydrogen-bond donors (Lipinski definition) is 2. The summed E-state index contributed by atoms with van der Waals surface area (Å²) < 4.78 is 40.3. The number of carbonyl (C=O) groups excluding carboxylic acids is 4. The highest BCUT2D eigenvalue weighted by molar-refractivity contribution is 5.97. The molecule has 3 atom stereocenters. The summed E-state index contributed by atoms with van der Waals surface area (Å²) >= 11 is 0. The molecule has 1 aliphatic rings. The quantitative estimate of drug-likeness (QED) is 0.420. The van der Waals surface area contributed by atoms with E-state index in [9.17, 15) is 42.3 Å². The van der Waals surface area contributed by atoms with Crippen molar-refractivity contribution in [3.63, 3.8) is 0 Å². The summed E-state index contributed by atoms with van der Waals surface area (Å²) in [4.78, 5) is 66.8. The van der Waals surface area contributed by atoms with Crippen LogP contribution in [0.4, 0.5) is 13.2 Å². The summed E-state index contributed by atoms with van der Waals surface area (Å²) in [5, 5.41) is 11.8. The SMILES string of the molecule is CC(C)C(C(=O)N[C@@H](CC(=O)O)C(=O)N1CCCC1)N(C)C(=O)[C@](C)(Cc1ccccc1)N(C)C(=O)C(F)(F)F. The maximum atomic E-state index is 13.9. The summed E-state index contributed by atoms with van der Waals surface area (Å²) in [7, 11) is 2.11. The molecule has 2 rings (SSSR count). The van der Waals surface area contributed by atoms with Gasteiger partial charge in [0.25, 0.3) is 0 Å². The van der Waals surface area contributed by atoms with Crippen molar-refractivity contribution in [2.45, 2.75) is 70.3 Å². The molecule has 0 spiro atoms. The highest BCUT2D eigenvalue weighted by Gasteiger charge is 2.51. The second-order valence-corrected chi connectivity index (χ2v) is 10.6. The van der Waals surface area contributed by atoms with Gasteiger partial charge in [-0.2, -0.15) is 13.2 Å². The molecule has 13 heteroatoms. The van der Waals surface area contributed by atoms with Crippen molar-refractivity contribution < 1.29 is 42.3 Å². The van der Waals surface area contributed by atoms with Gasteiger partial charge in [0, 0.05) is 33.6 Å². The second-order valence-electron chi connectivity index (χ2n) is 10.6. The number of carboxylic acid groups (broad SMARTS) is 1. The van der Waals surface area contributed by atoms with Crippen LogP contribution in [0.3, 0.4) is 0 Å². The monoisotopic (exact) mass is 570 g/mol. The fourth-order valence-electron chi connectivity index (χ4n) is 4.97. The Kier molecular flexibility index (Phi) is 10.7. The van der Waals surface area contributed by atoms with E-state index < -0.39 is 65.7 Å². The zero-order valence-electron chi connectivity index (χ0n) is 23.3. The third kappa shape index (κ3) is 7.72. The Bertz CT molecular complexity index is 1090. The highest BCUT2D eigenvalue weighted by Crippen LogP contribution is 2.29. The standard InChI is InChI=1S/C27H37F3N4O6/c1-17(2)21(22(37)31-19(15-20(35)36)23(38)34-13-9-10-14-34)32(4)24(39)26(3,16-18-11-7-6-8-12-18)33(5)25(40)27(28,29)30/h6-8,11-12,17,19,21H,9-10,13-16H2,1-5H3,(H,31,37)(H,35,36)/t19-,21?,26-/m0/s1. The van der Waals surface area contributed by atoms with Crippen LogP contribution in [0.1, 0.15) is 45.6 Å². The summed E-state index contributed by atoms with van der Waals surface area (Å²) in [6, 6.07) is 5.49. The van der Waals surface area contributed by atoms with Gasteiger partial charge in [-0.25, -0.2) is 0 Å². The lowest BCUT2D eigenvalue weighted by Crippen LogP contribution is -2.65. The van der Waals surface area contributed by atoms with E-state index in [4.69, 9.17) is 0 Å². The first-order valence-corrected chi connectivity index (χ1v) is 13.0. The zero-order chi connectivity index (χ0) is 30.4. The number of rotatable bonds is 11. The number of nitrogens with zero attached hydrogens (tertiary/aromatic N) is 3. The fourth-order valence-corrected chi connectivity index (χ4v) is 4.97. The Morgan fingerprint density at radius 3 is 2.02 bits per heavy atom. The maximum Gasteiger partial charge on any atom is 0.471 e. The van der Waals surface area contributed by atoms with E-state index in [1.807, 2.05) is 0 Å². The van der Waals surface area contributed by atoms with Crippen molar-refractivity contribution in [1.82, 2.24) is 20.0 Å². The second kappa shape index (κ2) is 13.1. The first-order valence-electron chi connectivity index (χ1n) is 13.0. The minimum absolute atomic E-state index is 0.281. The predicted molar refractivity (Wildman–Crippen MR) is 139 cm³/mol. The normalized spacial score (nSPS) is 16.6. The fraction of sp³-hybridized carbons (Fsp3) is 0.593. The molecular formula is C27H37F3N4O6. The van der Waals surface area contributed by atoms with E-state index in [2.05, 4.69) is 5.32 Å². The molecule has 0 radical (unpaired) electrons. The Balaban J connectivity index is 2.42. The van der Waals surface area contributed by atoms with Crippen LogP contribution in [0.25, 0.3) is 0 Å². The van der Waals surface area contributed by atoms with Gasteiger partial charge < -0.3 is 25.1 Å². The van der Waals surface area contributed by atoms with Crippen LogP contribution in [-0.4, -0.2) is 100 Å². The molecule has 40 heavy (non-hydrogen) atoms. The number of benzene rings is 1. The lowest BCUT2D eigenvalue weighted by Gasteiger charge is -2.43. The van der Waals surface area contributed by atoms with Gasteiger partial charge in [-0.15, -0.1) is 0 Å². The van der Waals surface area contributed by atoms with E-state index in [1.54, 1.807) is 44.2 Å². The molecule has 1 unspecified atom stereocenters. The number of likely N-dealkylation sites (tertiary alicyclic amines) is 1. The number of carboxylic acids is 1. The van der Waals surface area contributed by atoms with Crippen LogP contribution >= 0.6 is 0 Å². The van der Waals surface area contributed by atoms with Crippen molar-refractivity contribution in [3.8, 4) is 0 Å². The molecule has 1 heterocycles. The largest absolute Gasteiger partial charge is 0.481 e. The van der Waals surface area contributed by atoms with Gasteiger partial charge in [-0.1, -0.05) is 44.2 Å². The number of likely N-dealkylation sites (N-methyl/N-ethyl adjacent to an activating group) is 2. The molecule has 2 N–H and O–H groups in total. The van der Waals surface area contributed by atoms with E-state index >= 15 is 0 Å². The molecule has 0 aliphatic carbocycles. The van der Waals surface area contributed by atoms with Gasteiger partial charge in [0.05, 0.1) is 6.42 Å². The molecule has 4 amide bonds. The van der Waals surface area contributed by atoms with E-state index in [-0.39, 0.29) is 6.42 Å². The summed E-state index contributed by atoms with van der Waals surface area (Å²) in [6.45, 7) is 5.24. The van der Waals surface area contributed by atoms with Gasteiger partial charge in [0.15, 0.2) is 0 Å². The molecule has 222 valence electrons. The van der Waals surface area contributed by atoms with Crippen molar-refractivity contribution in [3.05, 3.63) is 35.9 Å². The lowest BCUT2D eigenvalue weighted by molar-refractivity contribution is -0.191. The number of nitrogens with one attached hydrogen (secondary N) is 1. The van der Waals surface area contributed by atoms with E-state index in [1.165, 1.54) is 18.9 Å². The van der Waals surface area contributed by atoms with Crippen molar-refractivity contribution >= 4 is 29.6 Å². The first-order chi connectivity index (χ1) is 18.5. The Labute approximate surface area is 231 Å². The number of carbonyl (C=O) groups is 5. The lowest BCUT2D eigenvalue weighted by atomic mass is 9.88. The highest BCUT2D eigenvalue weighted by atomic mass is 19.4. The summed E-state index contributed by atoms with van der Waals surface area (Å²) in [5.41, 5.74) is -1.57. The number of hydrogen-bond acceptors (Lipinski definition) is 5. The van der Waals surface area contributed by atoms with Crippen LogP contribution in [0, 0.1) is 5.92 Å². The molecule has 0 saturated carbocycles. The van der Waals surface area contributed by atoms with Crippen LogP contribution in [0.2, 0.25) is 0 Å². The van der Waals surface area contributed by atoms with Gasteiger partial charge in [-0.05, 0) is 31.2 Å². The molecule has 1 aromatic carbocycles. The topological polar surface area (TPSA) is 127 Å². The minimum Gasteiger partial charge on any atom is -0.481 e. The number of alkyl halides is 3. The van der Waals surface area contributed by atoms with Gasteiger partial charge in [-0.3, -0.25) is 24.0 Å². The van der Waals surface area contributed by atoms with Crippen molar-refractivity contribution in [2.75, 3.05) is 27.2 Å². The van der Waals surface area contributed by atoms with Gasteiger partial charge in [0.2, 0.25) is 17.7 Å². The summed E-state index contributed by atoms with van der Waals surface area (Å²) in [5.74, 6) is -6.47. The molecule has 0 aromatic heterocycles. The molecule has 1 aromatic rings. The maximum absolute atomic E-state index is 13.9. The number of amides is 4. The molecule has 1 fully saturated rings. The van der Waals surface area contributed by atoms with Crippen LogP contribution in [0.15, 0.2) is 30.3 Å². The zero-order valence-corrected chi connectivity index (χ0v) is 23.3. The third-order valence-corrected chi connectivity index (χ3v) is 7.19. The van der Waals surface area contributed by atoms with Gasteiger partial charge >= 0.3 is 18.1 Å². The van der Waals surface area contributed by atoms with E-state index in [0.29, 0.717) is 23.6 Å². The van der Waals surface area contributed by atoms with Crippen LogP contribution in [-0.2, 0) is 30.4 Å². The Morgan fingerprint density at radius 1 is 1.00 bits per heavy atom. The first kappa shape index (κ1) is 32.6. The van der Waals surface area contributed by atoms with Crippen LogP contribution in [0.5, 0.6) is 0 Å². The number of halogens is 3. The van der Waals surface area contributed by atoms with Crippen LogP contribution < -0.4 is 5.32 Å². The third-order valence-electron chi connectivity index (χ3n) is 7.19. The smallest absolute Gasteiger partial charge is 0.471 e. The average Bonchev–Trinajstić information content (AvgIpc) is 3.41. The van der Waals surface area contributed by atoms with Crippen molar-refractivity contribution in [1.29, 1.82) is 0 Å². The summed E-state index contributed by atoms with van der Waals surface area (Å²) in [6.07, 6.45) is -4.72. The molecular weight excluding hydrogens is 533 g/mol. The Hall–Kier alpha value is -3.64. The Morgan fingerprint density at radius 2 is 1.55 bits per heavy atom. The molecule has 1 aliphatic heterocycles. The number of aliphatic carboxylic acids is 1. The van der Waals surface area contributed by atoms with Crippen molar-refractivity contribution in [2.24, 2.45) is 5.92 Å². The predicted octanol–water partition coefficient (Wildman–Crippen LogP) is 2.07. The average molecular weight is 571 g/mol. The van der Waals surface area contributed by atoms with E-state index in [0.717, 1.165) is 24.8 Å².